The van der Waals surface area contributed by atoms with E-state index in [1.807, 2.05) is 18.7 Å². The summed E-state index contributed by atoms with van der Waals surface area (Å²) in [6, 6.07) is 0.437. The average molecular weight is 267 g/mol. The maximum absolute atomic E-state index is 10.4. The third kappa shape index (κ3) is 5.77. The predicted molar refractivity (Wildman–Crippen MR) is 74.7 cm³/mol. The molecule has 0 aliphatic carbocycles. The van der Waals surface area contributed by atoms with Crippen LogP contribution in [0.25, 0.3) is 0 Å². The number of aromatic nitrogens is 2. The smallest absolute Gasteiger partial charge is 0.404 e. The second-order valence-electron chi connectivity index (χ2n) is 5.91. The maximum Gasteiger partial charge on any atom is 0.404 e. The molecule has 2 N–H and O–H groups in total. The van der Waals surface area contributed by atoms with Gasteiger partial charge < -0.3 is 15.0 Å². The Kier molecular flexibility index (Phi) is 5.86. The molecule has 108 valence electrons. The highest BCUT2D eigenvalue weighted by Gasteiger charge is 2.25. The largest absolute Gasteiger partial charge is 0.450 e. The molecule has 0 saturated heterocycles. The number of nitrogens with zero attached hydrogens (tertiary/aromatic N) is 2. The molecule has 1 aromatic heterocycles. The molecule has 0 saturated carbocycles. The van der Waals surface area contributed by atoms with Crippen molar-refractivity contribution in [2.75, 3.05) is 6.61 Å². The van der Waals surface area contributed by atoms with Crippen LogP contribution in [0, 0.1) is 5.41 Å². The van der Waals surface area contributed by atoms with Crippen molar-refractivity contribution < 1.29 is 9.53 Å². The average Bonchev–Trinajstić information content (AvgIpc) is 2.79. The Labute approximate surface area is 115 Å². The van der Waals surface area contributed by atoms with Crippen LogP contribution in [0.4, 0.5) is 4.79 Å². The van der Waals surface area contributed by atoms with Gasteiger partial charge in [0.05, 0.1) is 12.9 Å². The lowest BCUT2D eigenvalue weighted by Gasteiger charge is -2.32. The summed E-state index contributed by atoms with van der Waals surface area (Å²) in [5, 5.41) is 0. The summed E-state index contributed by atoms with van der Waals surface area (Å²) in [5.41, 5.74) is 5.10. The van der Waals surface area contributed by atoms with Gasteiger partial charge in [0.25, 0.3) is 0 Å². The molecule has 1 heterocycles. The van der Waals surface area contributed by atoms with E-state index in [2.05, 4.69) is 30.3 Å². The van der Waals surface area contributed by atoms with Crippen LogP contribution in [0.3, 0.4) is 0 Å². The van der Waals surface area contributed by atoms with E-state index in [0.29, 0.717) is 12.6 Å². The molecule has 0 spiro atoms. The summed E-state index contributed by atoms with van der Waals surface area (Å²) in [5.74, 6) is 0. The van der Waals surface area contributed by atoms with Crippen molar-refractivity contribution >= 4 is 6.09 Å². The van der Waals surface area contributed by atoms with Gasteiger partial charge in [-0.15, -0.1) is 0 Å². The molecule has 0 aliphatic heterocycles. The molecule has 0 fully saturated rings. The minimum absolute atomic E-state index is 0.199. The van der Waals surface area contributed by atoms with Crippen molar-refractivity contribution in [3.05, 3.63) is 18.7 Å². The van der Waals surface area contributed by atoms with Crippen molar-refractivity contribution in [1.82, 2.24) is 9.55 Å². The lowest BCUT2D eigenvalue weighted by molar-refractivity contribution is 0.153. The van der Waals surface area contributed by atoms with Gasteiger partial charge in [-0.05, 0) is 24.7 Å². The van der Waals surface area contributed by atoms with E-state index >= 15 is 0 Å². The van der Waals surface area contributed by atoms with Crippen LogP contribution in [0.1, 0.15) is 52.5 Å². The Balaban J connectivity index is 2.33. The standard InChI is InChI=1S/C14H25N3O2/c1-14(2,3)12(17-9-8-16-11-17)7-5-4-6-10-19-13(15)18/h8-9,11-12H,4-7,10H2,1-3H3,(H2,15,18). The van der Waals surface area contributed by atoms with Gasteiger partial charge in [-0.1, -0.05) is 27.2 Å². The van der Waals surface area contributed by atoms with Crippen molar-refractivity contribution in [3.8, 4) is 0 Å². The van der Waals surface area contributed by atoms with Crippen molar-refractivity contribution in [2.24, 2.45) is 11.1 Å². The normalized spacial score (nSPS) is 13.2. The van der Waals surface area contributed by atoms with Crippen molar-refractivity contribution in [1.29, 1.82) is 0 Å². The molecular formula is C14H25N3O2. The first-order valence-corrected chi connectivity index (χ1v) is 6.81. The van der Waals surface area contributed by atoms with Crippen molar-refractivity contribution in [2.45, 2.75) is 52.5 Å². The summed E-state index contributed by atoms with van der Waals surface area (Å²) < 4.78 is 6.89. The Hall–Kier alpha value is -1.52. The Morgan fingerprint density at radius 3 is 2.63 bits per heavy atom. The van der Waals surface area contributed by atoms with Gasteiger partial charge in [-0.3, -0.25) is 0 Å². The Morgan fingerprint density at radius 1 is 1.37 bits per heavy atom. The van der Waals surface area contributed by atoms with Crippen LogP contribution in [-0.4, -0.2) is 22.3 Å². The monoisotopic (exact) mass is 267 g/mol. The number of carbonyl (C=O) groups excluding carboxylic acids is 1. The summed E-state index contributed by atoms with van der Waals surface area (Å²) in [4.78, 5) is 14.5. The van der Waals surface area contributed by atoms with Gasteiger partial charge in [-0.25, -0.2) is 9.78 Å². The number of nitrogens with two attached hydrogens (primary N) is 1. The van der Waals surface area contributed by atoms with Crippen LogP contribution >= 0.6 is 0 Å². The van der Waals surface area contributed by atoms with Gasteiger partial charge in [0, 0.05) is 18.4 Å². The number of amides is 1. The first-order valence-electron chi connectivity index (χ1n) is 6.81. The number of ether oxygens (including phenoxy) is 1. The number of primary amides is 1. The third-order valence-corrected chi connectivity index (χ3v) is 3.25. The number of carbonyl (C=O) groups is 1. The molecule has 0 aliphatic rings. The van der Waals surface area contributed by atoms with E-state index in [0.717, 1.165) is 25.7 Å². The van der Waals surface area contributed by atoms with Crippen LogP contribution in [0.15, 0.2) is 18.7 Å². The molecule has 1 amide bonds. The highest BCUT2D eigenvalue weighted by Crippen LogP contribution is 2.34. The minimum atomic E-state index is -0.689. The topological polar surface area (TPSA) is 70.1 Å². The lowest BCUT2D eigenvalue weighted by Crippen LogP contribution is -2.23. The summed E-state index contributed by atoms with van der Waals surface area (Å²) in [6.45, 7) is 7.15. The molecule has 1 rings (SSSR count). The maximum atomic E-state index is 10.4. The Morgan fingerprint density at radius 2 is 2.11 bits per heavy atom. The molecule has 0 radical (unpaired) electrons. The summed E-state index contributed by atoms with van der Waals surface area (Å²) in [7, 11) is 0. The van der Waals surface area contributed by atoms with Gasteiger partial charge in [0.15, 0.2) is 0 Å². The number of rotatable bonds is 7. The predicted octanol–water partition coefficient (Wildman–Crippen LogP) is 3.13. The van der Waals surface area contributed by atoms with Crippen molar-refractivity contribution in [3.63, 3.8) is 0 Å². The number of imidazole rings is 1. The first kappa shape index (κ1) is 15.5. The summed E-state index contributed by atoms with van der Waals surface area (Å²) in [6.07, 6.45) is 9.13. The highest BCUT2D eigenvalue weighted by molar-refractivity contribution is 5.64. The number of hydrogen-bond donors (Lipinski definition) is 1. The zero-order valence-electron chi connectivity index (χ0n) is 12.1. The van der Waals surface area contributed by atoms with E-state index in [1.165, 1.54) is 0 Å². The highest BCUT2D eigenvalue weighted by atomic mass is 16.5. The van der Waals surface area contributed by atoms with Gasteiger partial charge >= 0.3 is 6.09 Å². The fourth-order valence-corrected chi connectivity index (χ4v) is 2.27. The third-order valence-electron chi connectivity index (χ3n) is 3.25. The molecule has 0 aromatic carbocycles. The molecule has 5 heteroatoms. The van der Waals surface area contributed by atoms with E-state index in [9.17, 15) is 4.79 Å². The first-order chi connectivity index (χ1) is 8.91. The van der Waals surface area contributed by atoms with E-state index < -0.39 is 6.09 Å². The van der Waals surface area contributed by atoms with Gasteiger partial charge in [-0.2, -0.15) is 0 Å². The van der Waals surface area contributed by atoms with E-state index in [-0.39, 0.29) is 5.41 Å². The zero-order chi connectivity index (χ0) is 14.3. The molecule has 0 bridgehead atoms. The van der Waals surface area contributed by atoms with Crippen LogP contribution in [0.5, 0.6) is 0 Å². The van der Waals surface area contributed by atoms with E-state index in [4.69, 9.17) is 10.5 Å². The van der Waals surface area contributed by atoms with Crippen LogP contribution in [-0.2, 0) is 4.74 Å². The zero-order valence-corrected chi connectivity index (χ0v) is 12.1. The molecule has 19 heavy (non-hydrogen) atoms. The molecule has 1 atom stereocenters. The second kappa shape index (κ2) is 7.16. The lowest BCUT2D eigenvalue weighted by atomic mass is 9.83. The number of hydrogen-bond acceptors (Lipinski definition) is 3. The van der Waals surface area contributed by atoms with Crippen LogP contribution < -0.4 is 5.73 Å². The van der Waals surface area contributed by atoms with E-state index in [1.54, 1.807) is 0 Å². The molecule has 1 unspecified atom stereocenters. The van der Waals surface area contributed by atoms with Crippen LogP contribution in [0.2, 0.25) is 0 Å². The van der Waals surface area contributed by atoms with Gasteiger partial charge in [0.1, 0.15) is 0 Å². The molecule has 1 aromatic rings. The quantitative estimate of drug-likeness (QED) is 0.771. The van der Waals surface area contributed by atoms with Gasteiger partial charge in [0.2, 0.25) is 0 Å². The minimum Gasteiger partial charge on any atom is -0.450 e. The molecule has 5 nitrogen and oxygen atoms in total. The Bertz CT molecular complexity index is 369. The number of unbranched alkanes of at least 4 members (excludes halogenated alkanes) is 2. The SMILES string of the molecule is CC(C)(C)C(CCCCCOC(N)=O)n1ccnc1. The fraction of sp³-hybridized carbons (Fsp3) is 0.714. The fourth-order valence-electron chi connectivity index (χ4n) is 2.27. The molecular weight excluding hydrogens is 242 g/mol. The summed E-state index contributed by atoms with van der Waals surface area (Å²) >= 11 is 0. The second-order valence-corrected chi connectivity index (χ2v) is 5.91.